The van der Waals surface area contributed by atoms with Crippen LogP contribution in [0.4, 0.5) is 22.6 Å². The normalized spacial score (nSPS) is 11.8. The number of rotatable bonds is 15. The molecule has 0 saturated carbocycles. The van der Waals surface area contributed by atoms with E-state index in [1.54, 1.807) is 37.2 Å². The lowest BCUT2D eigenvalue weighted by molar-refractivity contribution is -0.143. The third-order valence-corrected chi connectivity index (χ3v) is 10.4. The minimum atomic E-state index is -4.02. The second-order valence-corrected chi connectivity index (χ2v) is 16.6. The average molecular weight is 748 g/mol. The number of hydrogen-bond donors (Lipinski definition) is 2. The topological polar surface area (TPSA) is 174 Å². The fraction of sp³-hybridized carbons (Fsp3) is 0.417. The molecule has 5 rings (SSSR count). The fourth-order valence-corrected chi connectivity index (χ4v) is 7.39. The van der Waals surface area contributed by atoms with Crippen molar-refractivity contribution in [3.05, 3.63) is 65.6 Å². The first-order valence-electron chi connectivity index (χ1n) is 17.1. The predicted molar refractivity (Wildman–Crippen MR) is 204 cm³/mol. The van der Waals surface area contributed by atoms with Crippen LogP contribution in [-0.4, -0.2) is 69.6 Å². The lowest BCUT2D eigenvalue weighted by Gasteiger charge is -2.20. The molecule has 14 nitrogen and oxygen atoms in total. The van der Waals surface area contributed by atoms with Crippen LogP contribution in [-0.2, 0) is 26.1 Å². The minimum absolute atomic E-state index is 0.0535. The lowest BCUT2D eigenvalue weighted by atomic mass is 9.97. The zero-order valence-corrected chi connectivity index (χ0v) is 32.2. The number of ether oxygens (including phenoxy) is 1. The largest absolute Gasteiger partial charge is 0.466 e. The Labute approximate surface area is 308 Å². The van der Waals surface area contributed by atoms with Crippen LogP contribution < -0.4 is 14.9 Å². The van der Waals surface area contributed by atoms with Gasteiger partial charge in [0, 0.05) is 36.8 Å². The van der Waals surface area contributed by atoms with Crippen molar-refractivity contribution < 1.29 is 22.7 Å². The Morgan fingerprint density at radius 1 is 0.981 bits per heavy atom. The molecule has 0 fully saturated rings. The number of esters is 1. The van der Waals surface area contributed by atoms with Gasteiger partial charge < -0.3 is 15.0 Å². The number of hydrogen-bond acceptors (Lipinski definition) is 13. The fourth-order valence-electron chi connectivity index (χ4n) is 5.46. The van der Waals surface area contributed by atoms with Gasteiger partial charge in [0.1, 0.15) is 11.5 Å². The average Bonchev–Trinajstić information content (AvgIpc) is 3.66. The number of aryl methyl sites for hydroxylation is 1. The number of amides is 1. The third-order valence-electron chi connectivity index (χ3n) is 8.14. The summed E-state index contributed by atoms with van der Waals surface area (Å²) in [6.45, 7) is 12.8. The van der Waals surface area contributed by atoms with Crippen molar-refractivity contribution in [2.75, 3.05) is 29.6 Å². The number of para-hydroxylation sites is 1. The van der Waals surface area contributed by atoms with Gasteiger partial charge in [0.2, 0.25) is 10.0 Å². The van der Waals surface area contributed by atoms with E-state index in [1.165, 1.54) is 11.3 Å². The van der Waals surface area contributed by atoms with Gasteiger partial charge in [0.25, 0.3) is 5.91 Å². The molecular weight excluding hydrogens is 703 g/mol. The van der Waals surface area contributed by atoms with Crippen molar-refractivity contribution in [2.24, 2.45) is 5.41 Å². The minimum Gasteiger partial charge on any atom is -0.466 e. The van der Waals surface area contributed by atoms with E-state index >= 15 is 0 Å². The highest BCUT2D eigenvalue weighted by Crippen LogP contribution is 2.32. The molecule has 0 aliphatic carbocycles. The molecule has 0 aliphatic rings. The summed E-state index contributed by atoms with van der Waals surface area (Å²) >= 11 is 1.52. The summed E-state index contributed by atoms with van der Waals surface area (Å²) in [4.78, 5) is 36.4. The summed E-state index contributed by atoms with van der Waals surface area (Å²) in [7, 11) is -2.28. The number of anilines is 4. The van der Waals surface area contributed by atoms with Crippen LogP contribution in [0.1, 0.15) is 75.1 Å². The second kappa shape index (κ2) is 16.2. The number of carbonyl (C=O) groups excluding carboxylic acids is 2. The summed E-state index contributed by atoms with van der Waals surface area (Å²) in [5.41, 5.74) is 3.48. The molecule has 276 valence electrons. The summed E-state index contributed by atoms with van der Waals surface area (Å²) in [5, 5.41) is 17.3. The molecule has 1 amide bonds. The molecule has 0 saturated heterocycles. The van der Waals surface area contributed by atoms with Crippen molar-refractivity contribution in [1.82, 2.24) is 34.7 Å². The molecule has 0 spiro atoms. The van der Waals surface area contributed by atoms with Gasteiger partial charge in [0.15, 0.2) is 16.8 Å². The Kier molecular flexibility index (Phi) is 11.9. The van der Waals surface area contributed by atoms with Gasteiger partial charge in [0.05, 0.1) is 28.8 Å². The number of pyridine rings is 1. The molecule has 5 aromatic rings. The third kappa shape index (κ3) is 9.67. The van der Waals surface area contributed by atoms with E-state index in [0.717, 1.165) is 21.5 Å². The number of carbonyl (C=O) groups is 2. The van der Waals surface area contributed by atoms with Gasteiger partial charge in [-0.2, -0.15) is 5.10 Å². The van der Waals surface area contributed by atoms with E-state index in [4.69, 9.17) is 9.72 Å². The van der Waals surface area contributed by atoms with E-state index < -0.39 is 15.9 Å². The number of nitrogens with zero attached hydrogens (tertiary/aromatic N) is 7. The molecular formula is C36H45N9O5S2. The number of sulfonamides is 1. The summed E-state index contributed by atoms with van der Waals surface area (Å²) in [6.07, 6.45) is 3.12. The van der Waals surface area contributed by atoms with Crippen molar-refractivity contribution >= 4 is 66.0 Å². The van der Waals surface area contributed by atoms with Gasteiger partial charge in [-0.15, -0.1) is 10.2 Å². The molecule has 0 aliphatic heterocycles. The molecule has 52 heavy (non-hydrogen) atoms. The summed E-state index contributed by atoms with van der Waals surface area (Å²) in [6, 6.07) is 13.2. The first-order chi connectivity index (χ1) is 24.6. The van der Waals surface area contributed by atoms with E-state index in [2.05, 4.69) is 51.1 Å². The smallest absolute Gasteiger partial charge is 0.305 e. The number of fused-ring (bicyclic) bond motifs is 1. The van der Waals surface area contributed by atoms with Gasteiger partial charge in [-0.05, 0) is 74.9 Å². The van der Waals surface area contributed by atoms with Crippen LogP contribution in [0.5, 0.6) is 0 Å². The lowest BCUT2D eigenvalue weighted by Crippen LogP contribution is -2.33. The first kappa shape index (κ1) is 38.3. The maximum atomic E-state index is 13.8. The van der Waals surface area contributed by atoms with Crippen LogP contribution in [0, 0.1) is 19.3 Å². The van der Waals surface area contributed by atoms with Gasteiger partial charge in [-0.3, -0.25) is 14.3 Å². The Hall–Kier alpha value is -4.96. The Morgan fingerprint density at radius 3 is 2.46 bits per heavy atom. The highest BCUT2D eigenvalue weighted by Gasteiger charge is 2.25. The Morgan fingerprint density at radius 2 is 1.75 bits per heavy atom. The quantitative estimate of drug-likeness (QED) is 0.0858. The second-order valence-electron chi connectivity index (χ2n) is 13.7. The molecule has 0 unspecified atom stereocenters. The van der Waals surface area contributed by atoms with Crippen molar-refractivity contribution in [3.63, 3.8) is 0 Å². The van der Waals surface area contributed by atoms with Gasteiger partial charge in [-0.25, -0.2) is 23.1 Å². The molecule has 0 atom stereocenters. The van der Waals surface area contributed by atoms with E-state index in [9.17, 15) is 18.0 Å². The predicted octanol–water partition coefficient (Wildman–Crippen LogP) is 6.70. The number of thiazole rings is 1. The molecule has 4 aromatic heterocycles. The molecule has 0 bridgehead atoms. The van der Waals surface area contributed by atoms with E-state index in [0.29, 0.717) is 59.7 Å². The Balaban J connectivity index is 1.39. The van der Waals surface area contributed by atoms with Crippen LogP contribution in [0.3, 0.4) is 0 Å². The first-order valence-corrected chi connectivity index (χ1v) is 19.6. The van der Waals surface area contributed by atoms with Crippen LogP contribution in [0.2, 0.25) is 0 Å². The number of unbranched alkanes of at least 4 members (excludes halogenated alkanes) is 2. The molecule has 0 radical (unpaired) electrons. The maximum absolute atomic E-state index is 13.8. The highest BCUT2D eigenvalue weighted by molar-refractivity contribution is 7.90. The van der Waals surface area contributed by atoms with Gasteiger partial charge >= 0.3 is 5.97 Å². The maximum Gasteiger partial charge on any atom is 0.305 e. The van der Waals surface area contributed by atoms with Crippen LogP contribution in [0.15, 0.2) is 48.7 Å². The SMILES string of the molecule is CCOC(=O)CCCCCS(=O)(=O)NC(=O)c1nc(N(C)c2cc(C)c(Nc3nc4ccccc4s3)nn2)ccc1-c1cnn(CC(C)(C)C)c1C. The molecule has 16 heteroatoms. The van der Waals surface area contributed by atoms with Gasteiger partial charge in [-0.1, -0.05) is 50.7 Å². The highest BCUT2D eigenvalue weighted by atomic mass is 32.2. The number of nitrogens with one attached hydrogen (secondary N) is 2. The summed E-state index contributed by atoms with van der Waals surface area (Å²) < 4.78 is 36.2. The van der Waals surface area contributed by atoms with Crippen LogP contribution in [0.25, 0.3) is 21.3 Å². The van der Waals surface area contributed by atoms with E-state index in [-0.39, 0.29) is 35.7 Å². The van der Waals surface area contributed by atoms with Crippen LogP contribution >= 0.6 is 11.3 Å². The number of benzene rings is 1. The van der Waals surface area contributed by atoms with Crippen molar-refractivity contribution in [2.45, 2.75) is 73.8 Å². The standard InChI is InChI=1S/C36H45N9O5S2/c1-8-50-31(46)16-10-9-13-19-52(48,49)43-34(47)32-25(26-21-37-45(24(26)3)22-36(4,5)6)17-18-29(39-32)44(7)30-20-23(2)33(42-41-30)40-35-38-27-14-11-12-15-28(27)51-35/h11-12,14-15,17-18,20-21H,8-10,13,16,19,22H2,1-7H3,(H,43,47)(H,38,40,42). The molecule has 1 aromatic carbocycles. The molecule has 2 N–H and O–H groups in total. The molecule has 4 heterocycles. The summed E-state index contributed by atoms with van der Waals surface area (Å²) in [5.74, 6) is -0.105. The zero-order valence-electron chi connectivity index (χ0n) is 30.6. The van der Waals surface area contributed by atoms with Crippen molar-refractivity contribution in [3.8, 4) is 11.1 Å². The monoisotopic (exact) mass is 747 g/mol. The van der Waals surface area contributed by atoms with E-state index in [1.807, 2.05) is 48.9 Å². The zero-order chi connectivity index (χ0) is 37.6. The van der Waals surface area contributed by atoms with Crippen molar-refractivity contribution in [1.29, 1.82) is 0 Å². The Bertz CT molecular complexity index is 2140. The number of aromatic nitrogens is 6.